The lowest BCUT2D eigenvalue weighted by atomic mass is 9.94. The first-order valence-electron chi connectivity index (χ1n) is 8.65. The van der Waals surface area contributed by atoms with E-state index in [1.807, 2.05) is 18.2 Å². The maximum absolute atomic E-state index is 5.57. The van der Waals surface area contributed by atoms with Crippen LogP contribution in [0.3, 0.4) is 0 Å². The molecule has 1 fully saturated rings. The first-order chi connectivity index (χ1) is 11.4. The highest BCUT2D eigenvalue weighted by molar-refractivity contribution is 5.37. The first kappa shape index (κ1) is 14.8. The van der Waals surface area contributed by atoms with Gasteiger partial charge in [0.1, 0.15) is 5.82 Å². The molecule has 0 spiro atoms. The predicted octanol–water partition coefficient (Wildman–Crippen LogP) is 2.33. The Labute approximate surface area is 137 Å². The minimum atomic E-state index is 0.668. The van der Waals surface area contributed by atoms with Crippen LogP contribution in [0, 0.1) is 5.92 Å². The second-order valence-electron chi connectivity index (χ2n) is 6.70. The summed E-state index contributed by atoms with van der Waals surface area (Å²) in [4.78, 5) is 2.58. The van der Waals surface area contributed by atoms with E-state index in [1.54, 1.807) is 0 Å². The Kier molecular flexibility index (Phi) is 4.39. The number of piperidine rings is 1. The standard InChI is InChI=1S/C18H24N4O/c1-2-9-22-17(7-1)19-20-18(22)11-15-5-3-8-21(12-15)13-16-6-4-10-23-14-16/h1-2,6-7,9,15H,3-5,8,10-14H2. The molecule has 2 aromatic rings. The Morgan fingerprint density at radius 1 is 1.26 bits per heavy atom. The number of nitrogens with zero attached hydrogens (tertiary/aromatic N) is 4. The summed E-state index contributed by atoms with van der Waals surface area (Å²) in [6, 6.07) is 6.07. The molecule has 2 aliphatic heterocycles. The normalized spacial score (nSPS) is 23.1. The van der Waals surface area contributed by atoms with Gasteiger partial charge in [-0.25, -0.2) is 0 Å². The van der Waals surface area contributed by atoms with Gasteiger partial charge >= 0.3 is 0 Å². The van der Waals surface area contributed by atoms with Crippen LogP contribution >= 0.6 is 0 Å². The molecule has 0 aliphatic carbocycles. The van der Waals surface area contributed by atoms with Crippen molar-refractivity contribution in [2.75, 3.05) is 32.8 Å². The SMILES string of the molecule is C1=C(CN2CCCC(Cc3nnc4ccccn34)C2)COCC1. The predicted molar refractivity (Wildman–Crippen MR) is 89.4 cm³/mol. The Morgan fingerprint density at radius 2 is 2.26 bits per heavy atom. The van der Waals surface area contributed by atoms with Crippen molar-refractivity contribution in [3.8, 4) is 0 Å². The van der Waals surface area contributed by atoms with Gasteiger partial charge in [0.15, 0.2) is 5.65 Å². The molecule has 1 unspecified atom stereocenters. The summed E-state index contributed by atoms with van der Waals surface area (Å²) in [5.74, 6) is 1.76. The molecule has 2 aromatic heterocycles. The topological polar surface area (TPSA) is 42.7 Å². The highest BCUT2D eigenvalue weighted by atomic mass is 16.5. The third kappa shape index (κ3) is 3.46. The van der Waals surface area contributed by atoms with Crippen molar-refractivity contribution in [3.63, 3.8) is 0 Å². The summed E-state index contributed by atoms with van der Waals surface area (Å²) in [6.07, 6.45) is 9.06. The van der Waals surface area contributed by atoms with Gasteiger partial charge < -0.3 is 4.74 Å². The molecule has 4 rings (SSSR count). The van der Waals surface area contributed by atoms with Crippen LogP contribution in [-0.4, -0.2) is 52.3 Å². The zero-order chi connectivity index (χ0) is 15.5. The van der Waals surface area contributed by atoms with E-state index in [-0.39, 0.29) is 0 Å². The van der Waals surface area contributed by atoms with E-state index in [9.17, 15) is 0 Å². The third-order valence-electron chi connectivity index (χ3n) is 4.87. The van der Waals surface area contributed by atoms with Crippen molar-refractivity contribution in [2.24, 2.45) is 5.92 Å². The smallest absolute Gasteiger partial charge is 0.160 e. The van der Waals surface area contributed by atoms with Gasteiger partial charge in [-0.3, -0.25) is 9.30 Å². The number of hydrogen-bond acceptors (Lipinski definition) is 4. The zero-order valence-electron chi connectivity index (χ0n) is 13.5. The van der Waals surface area contributed by atoms with Crippen LogP contribution in [-0.2, 0) is 11.2 Å². The fourth-order valence-electron chi connectivity index (χ4n) is 3.76. The van der Waals surface area contributed by atoms with E-state index in [2.05, 4.69) is 31.8 Å². The van der Waals surface area contributed by atoms with Gasteiger partial charge in [-0.2, -0.15) is 0 Å². The minimum absolute atomic E-state index is 0.668. The summed E-state index contributed by atoms with van der Waals surface area (Å²) in [5.41, 5.74) is 2.39. The lowest BCUT2D eigenvalue weighted by Gasteiger charge is -2.33. The van der Waals surface area contributed by atoms with E-state index in [0.717, 1.165) is 50.6 Å². The van der Waals surface area contributed by atoms with E-state index < -0.39 is 0 Å². The minimum Gasteiger partial charge on any atom is -0.377 e. The van der Waals surface area contributed by atoms with Gasteiger partial charge in [0.2, 0.25) is 0 Å². The molecular weight excluding hydrogens is 288 g/mol. The van der Waals surface area contributed by atoms with Crippen LogP contribution in [0.1, 0.15) is 25.1 Å². The molecular formula is C18H24N4O. The summed E-state index contributed by atoms with van der Waals surface area (Å²) in [7, 11) is 0. The molecule has 2 aliphatic rings. The van der Waals surface area contributed by atoms with Crippen molar-refractivity contribution in [2.45, 2.75) is 25.7 Å². The summed E-state index contributed by atoms with van der Waals surface area (Å²) in [6.45, 7) is 5.12. The second kappa shape index (κ2) is 6.81. The maximum atomic E-state index is 5.57. The van der Waals surface area contributed by atoms with Gasteiger partial charge in [0, 0.05) is 25.7 Å². The second-order valence-corrected chi connectivity index (χ2v) is 6.70. The van der Waals surface area contributed by atoms with Gasteiger partial charge in [-0.1, -0.05) is 12.1 Å². The molecule has 23 heavy (non-hydrogen) atoms. The van der Waals surface area contributed by atoms with E-state index in [4.69, 9.17) is 4.74 Å². The monoisotopic (exact) mass is 312 g/mol. The summed E-state index contributed by atoms with van der Waals surface area (Å²) in [5, 5.41) is 8.66. The lowest BCUT2D eigenvalue weighted by Crippen LogP contribution is -2.38. The van der Waals surface area contributed by atoms with Crippen LogP contribution in [0.15, 0.2) is 36.0 Å². The van der Waals surface area contributed by atoms with Crippen molar-refractivity contribution >= 4 is 5.65 Å². The molecule has 0 saturated carbocycles. The van der Waals surface area contributed by atoms with E-state index >= 15 is 0 Å². The van der Waals surface area contributed by atoms with Crippen molar-refractivity contribution in [1.82, 2.24) is 19.5 Å². The highest BCUT2D eigenvalue weighted by Gasteiger charge is 2.22. The lowest BCUT2D eigenvalue weighted by molar-refractivity contribution is 0.132. The largest absolute Gasteiger partial charge is 0.377 e. The highest BCUT2D eigenvalue weighted by Crippen LogP contribution is 2.22. The fraction of sp³-hybridized carbons (Fsp3) is 0.556. The molecule has 0 N–H and O–H groups in total. The molecule has 0 bridgehead atoms. The number of fused-ring (bicyclic) bond motifs is 1. The molecule has 0 amide bonds. The van der Waals surface area contributed by atoms with Crippen LogP contribution in [0.25, 0.3) is 5.65 Å². The molecule has 4 heterocycles. The molecule has 1 saturated heterocycles. The Hall–Kier alpha value is -1.72. The molecule has 0 radical (unpaired) electrons. The van der Waals surface area contributed by atoms with Gasteiger partial charge in [-0.05, 0) is 49.4 Å². The van der Waals surface area contributed by atoms with Crippen LogP contribution in [0.5, 0.6) is 0 Å². The summed E-state index contributed by atoms with van der Waals surface area (Å²) >= 11 is 0. The van der Waals surface area contributed by atoms with Gasteiger partial charge in [0.25, 0.3) is 0 Å². The van der Waals surface area contributed by atoms with Crippen LogP contribution in [0.2, 0.25) is 0 Å². The molecule has 5 nitrogen and oxygen atoms in total. The quantitative estimate of drug-likeness (QED) is 0.813. The third-order valence-corrected chi connectivity index (χ3v) is 4.87. The Bertz CT molecular complexity index is 693. The maximum Gasteiger partial charge on any atom is 0.160 e. The van der Waals surface area contributed by atoms with Crippen molar-refractivity contribution in [1.29, 1.82) is 0 Å². The molecule has 5 heteroatoms. The van der Waals surface area contributed by atoms with Crippen LogP contribution in [0.4, 0.5) is 0 Å². The number of likely N-dealkylation sites (tertiary alicyclic amines) is 1. The average Bonchev–Trinajstić information content (AvgIpc) is 2.99. The Balaban J connectivity index is 1.40. The van der Waals surface area contributed by atoms with Gasteiger partial charge in [-0.15, -0.1) is 10.2 Å². The van der Waals surface area contributed by atoms with E-state index in [0.29, 0.717) is 5.92 Å². The number of aromatic nitrogens is 3. The number of rotatable bonds is 4. The fourth-order valence-corrected chi connectivity index (χ4v) is 3.76. The molecule has 1 atom stereocenters. The number of pyridine rings is 1. The Morgan fingerprint density at radius 3 is 3.17 bits per heavy atom. The van der Waals surface area contributed by atoms with Crippen LogP contribution < -0.4 is 0 Å². The number of hydrogen-bond donors (Lipinski definition) is 0. The first-order valence-corrected chi connectivity index (χ1v) is 8.65. The number of ether oxygens (including phenoxy) is 1. The summed E-state index contributed by atoms with van der Waals surface area (Å²) < 4.78 is 7.69. The van der Waals surface area contributed by atoms with E-state index in [1.165, 1.54) is 25.0 Å². The average molecular weight is 312 g/mol. The van der Waals surface area contributed by atoms with Gasteiger partial charge in [0.05, 0.1) is 13.2 Å². The van der Waals surface area contributed by atoms with Crippen molar-refractivity contribution in [3.05, 3.63) is 41.9 Å². The molecule has 122 valence electrons. The molecule has 0 aromatic carbocycles. The zero-order valence-corrected chi connectivity index (χ0v) is 13.5. The van der Waals surface area contributed by atoms with Crippen molar-refractivity contribution < 1.29 is 4.74 Å².